The van der Waals surface area contributed by atoms with Crippen molar-refractivity contribution in [3.8, 4) is 0 Å². The van der Waals surface area contributed by atoms with E-state index in [1.165, 1.54) is 5.41 Å². The fourth-order valence-corrected chi connectivity index (χ4v) is 0.803. The molecule has 0 aromatic heterocycles. The molecule has 2 N–H and O–H groups in total. The molecule has 1 nitrogen and oxygen atoms in total. The van der Waals surface area contributed by atoms with Gasteiger partial charge in [-0.1, -0.05) is 0 Å². The monoisotopic (exact) mass is 171 g/mol. The van der Waals surface area contributed by atoms with E-state index in [1.54, 1.807) is 6.92 Å². The number of halogens is 3. The van der Waals surface area contributed by atoms with Gasteiger partial charge in [0.15, 0.2) is 0 Å². The zero-order chi connectivity index (χ0) is 8.20. The van der Waals surface area contributed by atoms with Gasteiger partial charge in [0, 0.05) is 5.70 Å². The third kappa shape index (κ3) is 7.68. The first-order valence-electron chi connectivity index (χ1n) is 2.52. The van der Waals surface area contributed by atoms with Crippen molar-refractivity contribution in [1.29, 1.82) is 0 Å². The smallest absolute Gasteiger partial charge is 0.398 e. The molecule has 0 heterocycles. The van der Waals surface area contributed by atoms with Crippen LogP contribution in [-0.2, 0) is 0 Å². The van der Waals surface area contributed by atoms with E-state index in [9.17, 15) is 13.2 Å². The van der Waals surface area contributed by atoms with Crippen molar-refractivity contribution < 1.29 is 13.2 Å². The number of hydrogen-bond acceptors (Lipinski definition) is 2. The van der Waals surface area contributed by atoms with Gasteiger partial charge in [-0.05, 0) is 12.3 Å². The summed E-state index contributed by atoms with van der Waals surface area (Å²) in [5, 5.41) is 1.29. The molecule has 5 heteroatoms. The van der Waals surface area contributed by atoms with E-state index < -0.39 is 11.9 Å². The summed E-state index contributed by atoms with van der Waals surface area (Å²) in [5.74, 6) is -0.873. The van der Waals surface area contributed by atoms with Crippen LogP contribution in [0.5, 0.6) is 0 Å². The third-order valence-electron chi connectivity index (χ3n) is 0.516. The Morgan fingerprint density at radius 3 is 2.40 bits per heavy atom. The summed E-state index contributed by atoms with van der Waals surface area (Å²) in [6.45, 7) is 1.55. The summed E-state index contributed by atoms with van der Waals surface area (Å²) in [5.41, 5.74) is 5.49. The van der Waals surface area contributed by atoms with Crippen molar-refractivity contribution in [2.75, 3.05) is 5.75 Å². The molecule has 10 heavy (non-hydrogen) atoms. The number of rotatable bonds is 2. The van der Waals surface area contributed by atoms with Crippen LogP contribution in [0.25, 0.3) is 0 Å². The van der Waals surface area contributed by atoms with E-state index in [1.807, 2.05) is 0 Å². The molecule has 0 fully saturated rings. The maximum absolute atomic E-state index is 11.4. The molecule has 0 aromatic carbocycles. The Balaban J connectivity index is 3.47. The lowest BCUT2D eigenvalue weighted by Gasteiger charge is -2.01. The second-order valence-corrected chi connectivity index (χ2v) is 2.65. The van der Waals surface area contributed by atoms with E-state index in [0.29, 0.717) is 17.5 Å². The maximum atomic E-state index is 11.4. The summed E-state index contributed by atoms with van der Waals surface area (Å²) in [6, 6.07) is 0. The van der Waals surface area contributed by atoms with Gasteiger partial charge in [0.1, 0.15) is 0 Å². The topological polar surface area (TPSA) is 26.0 Å². The number of thioether (sulfide) groups is 1. The zero-order valence-corrected chi connectivity index (χ0v) is 6.22. The van der Waals surface area contributed by atoms with Crippen LogP contribution in [0, 0.1) is 0 Å². The molecule has 0 spiro atoms. The van der Waals surface area contributed by atoms with E-state index >= 15 is 0 Å². The van der Waals surface area contributed by atoms with Gasteiger partial charge in [-0.3, -0.25) is 0 Å². The maximum Gasteiger partial charge on any atom is 0.398 e. The van der Waals surface area contributed by atoms with Crippen LogP contribution in [0.15, 0.2) is 11.1 Å². The molecule has 0 saturated heterocycles. The average molecular weight is 171 g/mol. The lowest BCUT2D eigenvalue weighted by atomic mass is 10.6. The molecule has 0 saturated carbocycles. The predicted molar refractivity (Wildman–Crippen MR) is 36.5 cm³/mol. The fraction of sp³-hybridized carbons (Fsp3) is 0.600. The minimum atomic E-state index is -4.10. The van der Waals surface area contributed by atoms with Crippen molar-refractivity contribution >= 4 is 11.8 Å². The molecule has 0 aliphatic heterocycles. The van der Waals surface area contributed by atoms with Gasteiger partial charge in [0.05, 0.1) is 5.75 Å². The Labute approximate surface area is 61.5 Å². The highest BCUT2D eigenvalue weighted by Gasteiger charge is 2.26. The molecule has 0 rings (SSSR count). The van der Waals surface area contributed by atoms with E-state index in [-0.39, 0.29) is 0 Å². The summed E-state index contributed by atoms with van der Waals surface area (Å²) < 4.78 is 34.2. The Kier molecular flexibility index (Phi) is 3.63. The van der Waals surface area contributed by atoms with E-state index in [4.69, 9.17) is 5.73 Å². The first-order chi connectivity index (χ1) is 4.42. The number of nitrogens with two attached hydrogens (primary N) is 1. The van der Waals surface area contributed by atoms with Gasteiger partial charge in [-0.15, -0.1) is 11.8 Å². The Hall–Kier alpha value is -0.320. The average Bonchev–Trinajstić information content (AvgIpc) is 1.59. The molecular formula is C5H8F3NS. The largest absolute Gasteiger partial charge is 0.402 e. The van der Waals surface area contributed by atoms with Crippen LogP contribution in [0.3, 0.4) is 0 Å². The molecule has 0 radical (unpaired) electrons. The predicted octanol–water partition coefficient (Wildman–Crippen LogP) is 2.10. The van der Waals surface area contributed by atoms with Crippen LogP contribution >= 0.6 is 11.8 Å². The quantitative estimate of drug-likeness (QED) is 0.688. The Morgan fingerprint density at radius 1 is 1.60 bits per heavy atom. The summed E-state index contributed by atoms with van der Waals surface area (Å²) >= 11 is 0.656. The second-order valence-electron chi connectivity index (χ2n) is 1.79. The van der Waals surface area contributed by atoms with Crippen molar-refractivity contribution in [1.82, 2.24) is 0 Å². The van der Waals surface area contributed by atoms with E-state index in [0.717, 1.165) is 0 Å². The molecule has 60 valence electrons. The summed E-state index contributed by atoms with van der Waals surface area (Å²) in [7, 11) is 0. The number of allylic oxidation sites excluding steroid dienone is 1. The van der Waals surface area contributed by atoms with Gasteiger partial charge in [0.2, 0.25) is 0 Å². The molecular weight excluding hydrogens is 163 g/mol. The highest BCUT2D eigenvalue weighted by molar-refractivity contribution is 8.02. The van der Waals surface area contributed by atoms with E-state index in [2.05, 4.69) is 0 Å². The normalized spacial score (nSPS) is 13.8. The van der Waals surface area contributed by atoms with Gasteiger partial charge in [-0.2, -0.15) is 13.2 Å². The lowest BCUT2D eigenvalue weighted by molar-refractivity contribution is -0.105. The van der Waals surface area contributed by atoms with Crippen LogP contribution in [0.4, 0.5) is 13.2 Å². The third-order valence-corrected chi connectivity index (χ3v) is 1.55. The lowest BCUT2D eigenvalue weighted by Crippen LogP contribution is -2.10. The molecule has 0 aliphatic carbocycles. The zero-order valence-electron chi connectivity index (χ0n) is 5.40. The molecule has 0 aliphatic rings. The highest BCUT2D eigenvalue weighted by atomic mass is 32.2. The molecule has 0 aromatic rings. The van der Waals surface area contributed by atoms with Crippen molar-refractivity contribution in [2.24, 2.45) is 5.73 Å². The first-order valence-corrected chi connectivity index (χ1v) is 3.57. The SMILES string of the molecule is C/C(N)=C/SCC(F)(F)F. The van der Waals surface area contributed by atoms with Crippen LogP contribution < -0.4 is 5.73 Å². The Bertz CT molecular complexity index is 125. The van der Waals surface area contributed by atoms with Crippen molar-refractivity contribution in [2.45, 2.75) is 13.1 Å². The summed E-state index contributed by atoms with van der Waals surface area (Å²) in [4.78, 5) is 0. The van der Waals surface area contributed by atoms with Crippen LogP contribution in [0.2, 0.25) is 0 Å². The minimum Gasteiger partial charge on any atom is -0.402 e. The van der Waals surface area contributed by atoms with Crippen molar-refractivity contribution in [3.05, 3.63) is 11.1 Å². The fourth-order valence-electron chi connectivity index (χ4n) is 0.268. The molecule has 0 amide bonds. The summed E-state index contributed by atoms with van der Waals surface area (Å²) in [6.07, 6.45) is -4.10. The van der Waals surface area contributed by atoms with Gasteiger partial charge < -0.3 is 5.73 Å². The Morgan fingerprint density at radius 2 is 2.10 bits per heavy atom. The minimum absolute atomic E-state index is 0.397. The molecule has 0 atom stereocenters. The molecule has 0 bridgehead atoms. The standard InChI is InChI=1S/C5H8F3NS/c1-4(9)2-10-3-5(6,7)8/h2H,3,9H2,1H3/b4-2-. The molecule has 0 unspecified atom stereocenters. The number of hydrogen-bond donors (Lipinski definition) is 1. The van der Waals surface area contributed by atoms with Gasteiger partial charge in [-0.25, -0.2) is 0 Å². The number of alkyl halides is 3. The highest BCUT2D eigenvalue weighted by Crippen LogP contribution is 2.21. The second kappa shape index (κ2) is 3.75. The first kappa shape index (κ1) is 9.68. The van der Waals surface area contributed by atoms with Gasteiger partial charge >= 0.3 is 6.18 Å². The van der Waals surface area contributed by atoms with Crippen molar-refractivity contribution in [3.63, 3.8) is 0 Å². The van der Waals surface area contributed by atoms with Crippen LogP contribution in [0.1, 0.15) is 6.92 Å². The van der Waals surface area contributed by atoms with Gasteiger partial charge in [0.25, 0.3) is 0 Å². The van der Waals surface area contributed by atoms with Crippen LogP contribution in [-0.4, -0.2) is 11.9 Å².